The molecule has 0 aromatic carbocycles. The second kappa shape index (κ2) is 8.97. The zero-order valence-electron chi connectivity index (χ0n) is 18.9. The number of nitrogens with zero attached hydrogens (tertiary/aromatic N) is 6. The molecule has 3 aromatic rings. The Balaban J connectivity index is 1.54. The van der Waals surface area contributed by atoms with Gasteiger partial charge in [0.15, 0.2) is 10.8 Å². The molecule has 0 amide bonds. The summed E-state index contributed by atoms with van der Waals surface area (Å²) >= 11 is 1.40. The molecule has 178 valence electrons. The summed E-state index contributed by atoms with van der Waals surface area (Å²) in [7, 11) is -0.341. The van der Waals surface area contributed by atoms with Crippen LogP contribution in [0.25, 0.3) is 16.2 Å². The van der Waals surface area contributed by atoms with Crippen molar-refractivity contribution in [1.82, 2.24) is 23.7 Å². The molecule has 0 spiro atoms. The van der Waals surface area contributed by atoms with E-state index in [2.05, 4.69) is 14.8 Å². The van der Waals surface area contributed by atoms with E-state index in [1.807, 2.05) is 11.4 Å². The summed E-state index contributed by atoms with van der Waals surface area (Å²) in [4.78, 5) is 27.4. The van der Waals surface area contributed by atoms with Crippen molar-refractivity contribution in [3.05, 3.63) is 40.1 Å². The van der Waals surface area contributed by atoms with Gasteiger partial charge in [0.25, 0.3) is 0 Å². The van der Waals surface area contributed by atoms with Crippen LogP contribution in [0, 0.1) is 0 Å². The molecule has 2 N–H and O–H groups in total. The Morgan fingerprint density at radius 2 is 1.85 bits per heavy atom. The number of piperidine rings is 1. The van der Waals surface area contributed by atoms with Gasteiger partial charge in [-0.3, -0.25) is 18.5 Å². The molecule has 2 fully saturated rings. The van der Waals surface area contributed by atoms with E-state index >= 15 is 0 Å². The van der Waals surface area contributed by atoms with E-state index in [4.69, 9.17) is 4.98 Å². The zero-order valence-corrected chi connectivity index (χ0v) is 20.6. The molecule has 0 radical (unpaired) electrons. The smallest absolute Gasteiger partial charge is 0.215 e. The maximum absolute atomic E-state index is 13.3. The monoisotopic (exact) mass is 490 g/mol. The highest BCUT2D eigenvalue weighted by Crippen LogP contribution is 2.48. The van der Waals surface area contributed by atoms with Crippen molar-refractivity contribution < 1.29 is 9.11 Å². The molecule has 5 rings (SSSR count). The fraction of sp³-hybridized carbons (Fsp3) is 0.500. The summed E-state index contributed by atoms with van der Waals surface area (Å²) < 4.78 is 24.4. The van der Waals surface area contributed by atoms with E-state index in [-0.39, 0.29) is 4.90 Å². The predicted molar refractivity (Wildman–Crippen MR) is 134 cm³/mol. The van der Waals surface area contributed by atoms with Gasteiger partial charge in [-0.15, -0.1) is 22.1 Å². The molecular weight excluding hydrogens is 460 g/mol. The first-order chi connectivity index (χ1) is 15.9. The molecule has 0 saturated carbocycles. The number of pyridine rings is 2. The van der Waals surface area contributed by atoms with E-state index in [0.29, 0.717) is 22.2 Å². The summed E-state index contributed by atoms with van der Waals surface area (Å²) in [5.74, 6) is 0.832. The quantitative estimate of drug-likeness (QED) is 0.561. The van der Waals surface area contributed by atoms with Crippen LogP contribution in [-0.4, -0.2) is 79.2 Å². The molecule has 2 aliphatic heterocycles. The van der Waals surface area contributed by atoms with Crippen molar-refractivity contribution in [3.8, 4) is 5.13 Å². The summed E-state index contributed by atoms with van der Waals surface area (Å²) in [6.45, 7) is 4.29. The maximum Gasteiger partial charge on any atom is 0.215 e. The van der Waals surface area contributed by atoms with Gasteiger partial charge in [0.1, 0.15) is 10.7 Å². The number of fused-ring (bicyclic) bond motifs is 1. The Bertz CT molecular complexity index is 1180. The van der Waals surface area contributed by atoms with E-state index in [1.165, 1.54) is 47.8 Å². The Morgan fingerprint density at radius 3 is 2.48 bits per heavy atom. The lowest BCUT2D eigenvalue weighted by Gasteiger charge is -2.38. The van der Waals surface area contributed by atoms with Gasteiger partial charge in [-0.2, -0.15) is 0 Å². The summed E-state index contributed by atoms with van der Waals surface area (Å²) in [6, 6.07) is 4.28. The molecule has 33 heavy (non-hydrogen) atoms. The Labute approximate surface area is 198 Å². The number of rotatable bonds is 5. The van der Waals surface area contributed by atoms with Crippen molar-refractivity contribution in [3.63, 3.8) is 0 Å². The number of hydrogen-bond donors (Lipinski definition) is 2. The summed E-state index contributed by atoms with van der Waals surface area (Å²) in [6.07, 6.45) is 8.00. The molecule has 0 unspecified atom stereocenters. The molecule has 11 heteroatoms. The van der Waals surface area contributed by atoms with E-state index in [0.717, 1.165) is 31.7 Å². The summed E-state index contributed by atoms with van der Waals surface area (Å²) in [5, 5.41) is 2.81. The molecule has 0 aliphatic carbocycles. The minimum atomic E-state index is -3.42. The minimum Gasteiger partial charge on any atom is -0.356 e. The van der Waals surface area contributed by atoms with Crippen LogP contribution in [-0.2, 0) is 0 Å². The normalized spacial score (nSPS) is 19.1. The van der Waals surface area contributed by atoms with Crippen LogP contribution in [0.3, 0.4) is 0 Å². The Kier molecular flexibility index (Phi) is 6.19. The van der Waals surface area contributed by atoms with E-state index in [1.54, 1.807) is 30.9 Å². The van der Waals surface area contributed by atoms with Crippen molar-refractivity contribution >= 4 is 39.0 Å². The van der Waals surface area contributed by atoms with Crippen molar-refractivity contribution in [1.29, 1.82) is 0 Å². The van der Waals surface area contributed by atoms with E-state index < -0.39 is 16.2 Å². The number of thiazole rings is 1. The first-order valence-electron chi connectivity index (χ1n) is 11.3. The second-order valence-electron chi connectivity index (χ2n) is 8.84. The molecule has 0 bridgehead atoms. The average molecular weight is 491 g/mol. The topological polar surface area (TPSA) is 98.0 Å². The predicted octanol–water partition coefficient (Wildman–Crippen LogP) is 3.49. The third-order valence-corrected chi connectivity index (χ3v) is 9.35. The third kappa shape index (κ3) is 4.17. The largest absolute Gasteiger partial charge is 0.356 e. The standard InChI is InChI=1S/C22H30N6O3S2/c1-25(2)33(30,31)18-15-28(22-23-9-14-32-22)21-17(20(18)29)5-6-19(24-21)27-12-7-16(8-13-27)26-10-3-4-11-26/h5-6,9,14-16,30-31H,3-4,7-8,10-13H2,1-2H3. The van der Waals surface area contributed by atoms with Crippen LogP contribution in [0.2, 0.25) is 0 Å². The third-order valence-electron chi connectivity index (χ3n) is 6.68. The Morgan fingerprint density at radius 1 is 1.12 bits per heavy atom. The number of aromatic nitrogens is 3. The van der Waals surface area contributed by atoms with Gasteiger partial charge in [-0.25, -0.2) is 14.3 Å². The molecule has 9 nitrogen and oxygen atoms in total. The minimum absolute atomic E-state index is 0.0591. The van der Waals surface area contributed by atoms with Crippen LogP contribution < -0.4 is 10.3 Å². The molecule has 5 heterocycles. The van der Waals surface area contributed by atoms with Crippen molar-refractivity contribution in [2.24, 2.45) is 0 Å². The average Bonchev–Trinajstić information content (AvgIpc) is 3.54. The molecule has 2 saturated heterocycles. The van der Waals surface area contributed by atoms with Crippen LogP contribution >= 0.6 is 22.1 Å². The fourth-order valence-corrected chi connectivity index (χ4v) is 6.40. The van der Waals surface area contributed by atoms with Crippen LogP contribution in [0.15, 0.2) is 39.6 Å². The number of likely N-dealkylation sites (tertiary alicyclic amines) is 1. The van der Waals surface area contributed by atoms with Gasteiger partial charge in [0.05, 0.1) is 5.39 Å². The second-order valence-corrected chi connectivity index (χ2v) is 11.9. The summed E-state index contributed by atoms with van der Waals surface area (Å²) in [5.41, 5.74) is 0.0603. The molecule has 3 aromatic heterocycles. The van der Waals surface area contributed by atoms with Gasteiger partial charge < -0.3 is 9.80 Å². The number of hydrogen-bond acceptors (Lipinski definition) is 9. The van der Waals surface area contributed by atoms with Crippen LogP contribution in [0.4, 0.5) is 5.82 Å². The van der Waals surface area contributed by atoms with Crippen LogP contribution in [0.5, 0.6) is 0 Å². The van der Waals surface area contributed by atoms with Gasteiger partial charge >= 0.3 is 0 Å². The van der Waals surface area contributed by atoms with Crippen LogP contribution in [0.1, 0.15) is 25.7 Å². The highest BCUT2D eigenvalue weighted by Gasteiger charge is 2.29. The highest BCUT2D eigenvalue weighted by molar-refractivity contribution is 8.22. The lowest BCUT2D eigenvalue weighted by Crippen LogP contribution is -2.44. The lowest BCUT2D eigenvalue weighted by molar-refractivity contribution is 0.207. The highest BCUT2D eigenvalue weighted by atomic mass is 32.3. The van der Waals surface area contributed by atoms with Gasteiger partial charge in [0, 0.05) is 51.0 Å². The van der Waals surface area contributed by atoms with Gasteiger partial charge in [-0.1, -0.05) is 0 Å². The van der Waals surface area contributed by atoms with Gasteiger partial charge in [-0.05, 0) is 50.9 Å². The van der Waals surface area contributed by atoms with Gasteiger partial charge in [0.2, 0.25) is 5.43 Å². The van der Waals surface area contributed by atoms with Crippen molar-refractivity contribution in [2.75, 3.05) is 45.2 Å². The van der Waals surface area contributed by atoms with Crippen molar-refractivity contribution in [2.45, 2.75) is 36.6 Å². The number of anilines is 1. The fourth-order valence-electron chi connectivity index (χ4n) is 4.78. The zero-order chi connectivity index (χ0) is 23.2. The maximum atomic E-state index is 13.3. The SMILES string of the molecule is CN(C)S(O)(O)c1cn(-c2nccs2)c2nc(N3CCC(N4CCCC4)CC3)ccc2c1=O. The molecular formula is C22H30N6O3S2. The van der Waals surface area contributed by atoms with E-state index in [9.17, 15) is 13.9 Å². The molecule has 2 aliphatic rings. The lowest BCUT2D eigenvalue weighted by atomic mass is 10.0. The molecule has 0 atom stereocenters. The Hall–Kier alpha value is -2.02. The first kappa shape index (κ1) is 22.8. The first-order valence-corrected chi connectivity index (χ1v) is 13.7.